The normalized spacial score (nSPS) is 15.4. The fraction of sp³-hybridized carbons (Fsp3) is 0.308. The van der Waals surface area contributed by atoms with Crippen molar-refractivity contribution < 1.29 is 19.1 Å². The minimum absolute atomic E-state index is 0.0730. The van der Waals surface area contributed by atoms with Gasteiger partial charge in [-0.3, -0.25) is 9.59 Å². The zero-order valence-corrected chi connectivity index (χ0v) is 12.4. The number of esters is 1. The molecule has 0 aromatic carbocycles. The van der Waals surface area contributed by atoms with Gasteiger partial charge in [-0.1, -0.05) is 11.6 Å². The lowest BCUT2D eigenvalue weighted by Gasteiger charge is -2.15. The first-order valence-electron chi connectivity index (χ1n) is 6.44. The number of amides is 2. The standard InChI is InChI=1S/C13H13ClN4O4/c1-7(12(20)16-10-4-2-8(14)6-15-10)22-13(21)9-3-5-11(19)18-17-9/h2,4,6-7H,3,5H2,1H3,(H,18,19)(H,15,16,20)/t7-/m1/s1. The van der Waals surface area contributed by atoms with Gasteiger partial charge in [0, 0.05) is 19.0 Å². The Morgan fingerprint density at radius 3 is 2.77 bits per heavy atom. The van der Waals surface area contributed by atoms with Crippen molar-refractivity contribution in [2.75, 3.05) is 5.32 Å². The highest BCUT2D eigenvalue weighted by Crippen LogP contribution is 2.10. The highest BCUT2D eigenvalue weighted by molar-refractivity contribution is 6.37. The van der Waals surface area contributed by atoms with Crippen LogP contribution in [-0.2, 0) is 19.1 Å². The van der Waals surface area contributed by atoms with Crippen molar-refractivity contribution in [3.8, 4) is 0 Å². The molecule has 0 saturated carbocycles. The minimum Gasteiger partial charge on any atom is -0.448 e. The second-order valence-electron chi connectivity index (χ2n) is 4.49. The molecule has 0 radical (unpaired) electrons. The average molecular weight is 325 g/mol. The minimum atomic E-state index is -1.04. The lowest BCUT2D eigenvalue weighted by Crippen LogP contribution is -2.35. The molecule has 8 nitrogen and oxygen atoms in total. The average Bonchev–Trinajstić information content (AvgIpc) is 2.50. The summed E-state index contributed by atoms with van der Waals surface area (Å²) >= 11 is 5.69. The summed E-state index contributed by atoms with van der Waals surface area (Å²) < 4.78 is 5.00. The molecule has 0 aliphatic carbocycles. The summed E-state index contributed by atoms with van der Waals surface area (Å²) in [7, 11) is 0. The molecule has 2 heterocycles. The highest BCUT2D eigenvalue weighted by Gasteiger charge is 2.24. The molecule has 22 heavy (non-hydrogen) atoms. The molecule has 0 fully saturated rings. The molecule has 9 heteroatoms. The van der Waals surface area contributed by atoms with E-state index in [4.69, 9.17) is 16.3 Å². The van der Waals surface area contributed by atoms with Crippen LogP contribution in [0.3, 0.4) is 0 Å². The monoisotopic (exact) mass is 324 g/mol. The largest absolute Gasteiger partial charge is 0.448 e. The number of carbonyl (C=O) groups excluding carboxylic acids is 3. The maximum atomic E-state index is 11.9. The maximum Gasteiger partial charge on any atom is 0.355 e. The van der Waals surface area contributed by atoms with E-state index in [1.165, 1.54) is 19.2 Å². The Balaban J connectivity index is 1.89. The lowest BCUT2D eigenvalue weighted by molar-refractivity contribution is -0.146. The first kappa shape index (κ1) is 15.9. The van der Waals surface area contributed by atoms with E-state index in [2.05, 4.69) is 20.8 Å². The van der Waals surface area contributed by atoms with Crippen LogP contribution in [0.2, 0.25) is 5.02 Å². The molecule has 1 atom stereocenters. The molecule has 116 valence electrons. The molecule has 2 amide bonds. The van der Waals surface area contributed by atoms with Crippen LogP contribution in [0.5, 0.6) is 0 Å². The zero-order chi connectivity index (χ0) is 16.1. The molecule has 1 aliphatic heterocycles. The van der Waals surface area contributed by atoms with Gasteiger partial charge < -0.3 is 10.1 Å². The second-order valence-corrected chi connectivity index (χ2v) is 4.93. The Bertz CT molecular complexity index is 629. The summed E-state index contributed by atoms with van der Waals surface area (Å²) in [5, 5.41) is 6.53. The van der Waals surface area contributed by atoms with Gasteiger partial charge in [-0.05, 0) is 19.1 Å². The van der Waals surface area contributed by atoms with E-state index >= 15 is 0 Å². The van der Waals surface area contributed by atoms with Gasteiger partial charge >= 0.3 is 5.97 Å². The third-order valence-electron chi connectivity index (χ3n) is 2.77. The van der Waals surface area contributed by atoms with Crippen LogP contribution in [0.4, 0.5) is 5.82 Å². The topological polar surface area (TPSA) is 110 Å². The lowest BCUT2D eigenvalue weighted by atomic mass is 10.2. The molecule has 2 rings (SSSR count). The molecule has 2 N–H and O–H groups in total. The quantitative estimate of drug-likeness (QED) is 0.799. The van der Waals surface area contributed by atoms with E-state index in [1.54, 1.807) is 6.07 Å². The predicted molar refractivity (Wildman–Crippen MR) is 78.2 cm³/mol. The Morgan fingerprint density at radius 1 is 1.41 bits per heavy atom. The summed E-state index contributed by atoms with van der Waals surface area (Å²) in [4.78, 5) is 38.5. The van der Waals surface area contributed by atoms with Gasteiger partial charge in [0.15, 0.2) is 6.10 Å². The van der Waals surface area contributed by atoms with Crippen molar-refractivity contribution in [2.24, 2.45) is 5.10 Å². The van der Waals surface area contributed by atoms with Crippen LogP contribution in [0, 0.1) is 0 Å². The highest BCUT2D eigenvalue weighted by atomic mass is 35.5. The number of pyridine rings is 1. The van der Waals surface area contributed by atoms with Crippen molar-refractivity contribution in [1.82, 2.24) is 10.4 Å². The van der Waals surface area contributed by atoms with Crippen LogP contribution in [0.1, 0.15) is 19.8 Å². The van der Waals surface area contributed by atoms with Gasteiger partial charge in [-0.15, -0.1) is 0 Å². The summed E-state index contributed by atoms with van der Waals surface area (Å²) in [6.45, 7) is 1.42. The van der Waals surface area contributed by atoms with Crippen LogP contribution in [0.25, 0.3) is 0 Å². The van der Waals surface area contributed by atoms with Crippen LogP contribution in [0.15, 0.2) is 23.4 Å². The maximum absolute atomic E-state index is 11.9. The predicted octanol–water partition coefficient (Wildman–Crippen LogP) is 0.871. The van der Waals surface area contributed by atoms with Crippen molar-refractivity contribution in [3.05, 3.63) is 23.4 Å². The fourth-order valence-corrected chi connectivity index (χ4v) is 1.69. The smallest absolute Gasteiger partial charge is 0.355 e. The summed E-state index contributed by atoms with van der Waals surface area (Å²) in [5.41, 5.74) is 2.26. The number of hydrazone groups is 1. The molecule has 0 spiro atoms. The van der Waals surface area contributed by atoms with Gasteiger partial charge in [0.05, 0.1) is 5.02 Å². The number of carbonyl (C=O) groups is 3. The Hall–Kier alpha value is -2.48. The van der Waals surface area contributed by atoms with E-state index < -0.39 is 18.0 Å². The van der Waals surface area contributed by atoms with Crippen molar-refractivity contribution >= 4 is 40.9 Å². The third-order valence-corrected chi connectivity index (χ3v) is 3.00. The number of hydrogen-bond acceptors (Lipinski definition) is 6. The molecule has 1 aromatic heterocycles. The number of nitrogens with one attached hydrogen (secondary N) is 2. The SMILES string of the molecule is C[C@@H](OC(=O)C1=NNC(=O)CC1)C(=O)Nc1ccc(Cl)cn1. The summed E-state index contributed by atoms with van der Waals surface area (Å²) in [6.07, 6.45) is 0.680. The number of aromatic nitrogens is 1. The first-order chi connectivity index (χ1) is 10.5. The van der Waals surface area contributed by atoms with Gasteiger partial charge in [0.2, 0.25) is 5.91 Å². The van der Waals surface area contributed by atoms with Crippen LogP contribution in [-0.4, -0.2) is 34.6 Å². The molecular weight excluding hydrogens is 312 g/mol. The molecule has 0 saturated heterocycles. The van der Waals surface area contributed by atoms with Crippen molar-refractivity contribution in [2.45, 2.75) is 25.9 Å². The Kier molecular flexibility index (Phi) is 5.05. The van der Waals surface area contributed by atoms with Crippen LogP contribution < -0.4 is 10.7 Å². The third kappa shape index (κ3) is 4.26. The molecule has 1 aromatic rings. The molecule has 0 unspecified atom stereocenters. The first-order valence-corrected chi connectivity index (χ1v) is 6.82. The van der Waals surface area contributed by atoms with E-state index in [0.717, 1.165) is 0 Å². The molecule has 0 bridgehead atoms. The van der Waals surface area contributed by atoms with Gasteiger partial charge in [-0.25, -0.2) is 15.2 Å². The number of nitrogens with zero attached hydrogens (tertiary/aromatic N) is 2. The number of rotatable bonds is 4. The second kappa shape index (κ2) is 6.99. The van der Waals surface area contributed by atoms with Crippen molar-refractivity contribution in [1.29, 1.82) is 0 Å². The molecular formula is C13H13ClN4O4. The van der Waals surface area contributed by atoms with Gasteiger partial charge in [-0.2, -0.15) is 5.10 Å². The van der Waals surface area contributed by atoms with E-state index in [1.807, 2.05) is 0 Å². The van der Waals surface area contributed by atoms with Crippen molar-refractivity contribution in [3.63, 3.8) is 0 Å². The number of hydrogen-bond donors (Lipinski definition) is 2. The Morgan fingerprint density at radius 2 is 2.18 bits per heavy atom. The van der Waals surface area contributed by atoms with Gasteiger partial charge in [0.25, 0.3) is 5.91 Å². The van der Waals surface area contributed by atoms with E-state index in [-0.39, 0.29) is 24.5 Å². The van der Waals surface area contributed by atoms with Gasteiger partial charge in [0.1, 0.15) is 11.5 Å². The summed E-state index contributed by atoms with van der Waals surface area (Å²) in [6, 6.07) is 3.09. The number of halogens is 1. The number of anilines is 1. The van der Waals surface area contributed by atoms with Crippen LogP contribution >= 0.6 is 11.6 Å². The Labute approximate surface area is 130 Å². The zero-order valence-electron chi connectivity index (χ0n) is 11.6. The number of ether oxygens (including phenoxy) is 1. The molecule has 1 aliphatic rings. The van der Waals surface area contributed by atoms with E-state index in [9.17, 15) is 14.4 Å². The van der Waals surface area contributed by atoms with E-state index in [0.29, 0.717) is 10.8 Å². The summed E-state index contributed by atoms with van der Waals surface area (Å²) in [5.74, 6) is -1.26. The fourth-order valence-electron chi connectivity index (χ4n) is 1.58.